The van der Waals surface area contributed by atoms with Crippen molar-refractivity contribution in [2.24, 2.45) is 0 Å². The summed E-state index contributed by atoms with van der Waals surface area (Å²) < 4.78 is 16.4. The lowest BCUT2D eigenvalue weighted by molar-refractivity contribution is 0.141. The lowest BCUT2D eigenvalue weighted by Crippen LogP contribution is -2.51. The standard InChI is InChI=1S/C21H25FN6O.ClH/c1-12-5-14-8-24-28(19(14)6-17(12)16-3-4-23-9-18(16)22)21-7-20(25-13(2)26-21)27-10-15(29)11-27;/h5-8,15-16,18,23,29H,3-4,9-11H2,1-2H3;1H/t16-,18-;/m1./s1. The van der Waals surface area contributed by atoms with Gasteiger partial charge in [0.2, 0.25) is 0 Å². The number of piperidine rings is 1. The van der Waals surface area contributed by atoms with E-state index in [1.54, 1.807) is 4.68 Å². The third-order valence-electron chi connectivity index (χ3n) is 5.98. The first-order chi connectivity index (χ1) is 14.0. The number of fused-ring (bicyclic) bond motifs is 1. The first kappa shape index (κ1) is 21.0. The van der Waals surface area contributed by atoms with Crippen molar-refractivity contribution in [3.8, 4) is 5.82 Å². The molecule has 30 heavy (non-hydrogen) atoms. The third-order valence-corrected chi connectivity index (χ3v) is 5.98. The summed E-state index contributed by atoms with van der Waals surface area (Å²) in [5.74, 6) is 2.02. The number of nitrogens with zero attached hydrogens (tertiary/aromatic N) is 5. The van der Waals surface area contributed by atoms with Crippen LogP contribution in [-0.2, 0) is 0 Å². The Morgan fingerprint density at radius 2 is 1.90 bits per heavy atom. The van der Waals surface area contributed by atoms with E-state index in [-0.39, 0.29) is 24.4 Å². The molecule has 0 saturated carbocycles. The normalized spacial score (nSPS) is 22.1. The highest BCUT2D eigenvalue weighted by Gasteiger charge is 2.29. The monoisotopic (exact) mass is 432 g/mol. The summed E-state index contributed by atoms with van der Waals surface area (Å²) in [6.45, 7) is 6.28. The lowest BCUT2D eigenvalue weighted by atomic mass is 9.85. The summed E-state index contributed by atoms with van der Waals surface area (Å²) in [6.07, 6.45) is 1.42. The Kier molecular flexibility index (Phi) is 5.65. The second-order valence-electron chi connectivity index (χ2n) is 8.13. The van der Waals surface area contributed by atoms with Crippen LogP contribution in [0.25, 0.3) is 16.7 Å². The molecular formula is C21H26ClFN6O. The predicted molar refractivity (Wildman–Crippen MR) is 117 cm³/mol. The van der Waals surface area contributed by atoms with Crippen LogP contribution in [0.3, 0.4) is 0 Å². The molecule has 0 unspecified atom stereocenters. The van der Waals surface area contributed by atoms with Crippen LogP contribution < -0.4 is 10.2 Å². The van der Waals surface area contributed by atoms with Crippen molar-refractivity contribution < 1.29 is 9.50 Å². The number of aliphatic hydroxyl groups excluding tert-OH is 1. The first-order valence-electron chi connectivity index (χ1n) is 10.1. The van der Waals surface area contributed by atoms with Gasteiger partial charge in [0, 0.05) is 37.0 Å². The number of aryl methyl sites for hydroxylation is 2. The number of hydrogen-bond donors (Lipinski definition) is 2. The molecule has 2 aromatic heterocycles. The molecule has 0 radical (unpaired) electrons. The molecule has 0 bridgehead atoms. The van der Waals surface area contributed by atoms with Crippen LogP contribution in [0.15, 0.2) is 24.4 Å². The van der Waals surface area contributed by atoms with Gasteiger partial charge in [-0.2, -0.15) is 5.10 Å². The maximum Gasteiger partial charge on any atom is 0.159 e. The minimum Gasteiger partial charge on any atom is -0.389 e. The van der Waals surface area contributed by atoms with Gasteiger partial charge in [-0.15, -0.1) is 12.4 Å². The van der Waals surface area contributed by atoms with Gasteiger partial charge in [0.05, 0.1) is 17.8 Å². The molecule has 2 saturated heterocycles. The van der Waals surface area contributed by atoms with Crippen molar-refractivity contribution in [1.82, 2.24) is 25.1 Å². The van der Waals surface area contributed by atoms with E-state index in [9.17, 15) is 9.50 Å². The molecule has 5 rings (SSSR count). The van der Waals surface area contributed by atoms with Gasteiger partial charge in [0.25, 0.3) is 0 Å². The number of rotatable bonds is 3. The van der Waals surface area contributed by atoms with Crippen LogP contribution in [0, 0.1) is 13.8 Å². The molecule has 2 N–H and O–H groups in total. The Balaban J connectivity index is 0.00000218. The third kappa shape index (κ3) is 3.64. The van der Waals surface area contributed by atoms with E-state index in [1.807, 2.05) is 31.0 Å². The predicted octanol–water partition coefficient (Wildman–Crippen LogP) is 2.45. The van der Waals surface area contributed by atoms with Crippen molar-refractivity contribution in [1.29, 1.82) is 0 Å². The number of benzene rings is 1. The van der Waals surface area contributed by atoms with Gasteiger partial charge in [0.1, 0.15) is 17.8 Å². The Morgan fingerprint density at radius 1 is 1.13 bits per heavy atom. The van der Waals surface area contributed by atoms with Crippen LogP contribution in [0.5, 0.6) is 0 Å². The highest BCUT2D eigenvalue weighted by Crippen LogP contribution is 2.33. The van der Waals surface area contributed by atoms with Gasteiger partial charge in [-0.05, 0) is 50.1 Å². The van der Waals surface area contributed by atoms with Gasteiger partial charge in [0.15, 0.2) is 5.82 Å². The maximum absolute atomic E-state index is 14.6. The molecule has 2 atom stereocenters. The lowest BCUT2D eigenvalue weighted by Gasteiger charge is -2.36. The fourth-order valence-corrected chi connectivity index (χ4v) is 4.41. The Labute approximate surface area is 180 Å². The van der Waals surface area contributed by atoms with E-state index in [0.717, 1.165) is 40.8 Å². The van der Waals surface area contributed by atoms with E-state index < -0.39 is 6.17 Å². The molecule has 2 aliphatic heterocycles. The van der Waals surface area contributed by atoms with E-state index in [2.05, 4.69) is 32.5 Å². The van der Waals surface area contributed by atoms with E-state index >= 15 is 0 Å². The smallest absolute Gasteiger partial charge is 0.159 e. The average molecular weight is 433 g/mol. The van der Waals surface area contributed by atoms with Crippen molar-refractivity contribution in [3.63, 3.8) is 0 Å². The molecule has 1 aromatic carbocycles. The fourth-order valence-electron chi connectivity index (χ4n) is 4.41. The molecule has 3 aromatic rings. The molecule has 9 heteroatoms. The van der Waals surface area contributed by atoms with Crippen LogP contribution in [0.4, 0.5) is 10.2 Å². The number of aromatic nitrogens is 4. The molecular weight excluding hydrogens is 407 g/mol. The molecule has 4 heterocycles. The zero-order chi connectivity index (χ0) is 20.1. The second-order valence-corrected chi connectivity index (χ2v) is 8.13. The number of aliphatic hydroxyl groups is 1. The maximum atomic E-state index is 14.6. The van der Waals surface area contributed by atoms with Crippen molar-refractivity contribution in [2.45, 2.75) is 38.5 Å². The number of halogens is 2. The largest absolute Gasteiger partial charge is 0.389 e. The average Bonchev–Trinajstić information content (AvgIpc) is 3.07. The van der Waals surface area contributed by atoms with Gasteiger partial charge in [-0.1, -0.05) is 0 Å². The summed E-state index contributed by atoms with van der Waals surface area (Å²) in [5.41, 5.74) is 3.06. The molecule has 0 amide bonds. The second kappa shape index (κ2) is 8.09. The van der Waals surface area contributed by atoms with Crippen LogP contribution >= 0.6 is 12.4 Å². The number of alkyl halides is 1. The zero-order valence-corrected chi connectivity index (χ0v) is 17.9. The zero-order valence-electron chi connectivity index (χ0n) is 17.0. The van der Waals surface area contributed by atoms with E-state index in [4.69, 9.17) is 0 Å². The molecule has 2 aliphatic rings. The fraction of sp³-hybridized carbons (Fsp3) is 0.476. The van der Waals surface area contributed by atoms with E-state index in [0.29, 0.717) is 31.3 Å². The SMILES string of the molecule is Cc1nc(N2CC(O)C2)cc(-n2ncc3cc(C)c([C@H]4CCNC[C@H]4F)cc32)n1.Cl. The summed E-state index contributed by atoms with van der Waals surface area (Å²) in [6, 6.07) is 6.06. The Hall–Kier alpha value is -2.29. The number of β-amino-alcohol motifs (C(OH)–C–C–N with tert-alkyl or cyclic N) is 1. The van der Waals surface area contributed by atoms with Crippen molar-refractivity contribution in [3.05, 3.63) is 41.3 Å². The van der Waals surface area contributed by atoms with Gasteiger partial charge in [-0.3, -0.25) is 0 Å². The van der Waals surface area contributed by atoms with Crippen LogP contribution in [-0.4, -0.2) is 63.3 Å². The quantitative estimate of drug-likeness (QED) is 0.662. The van der Waals surface area contributed by atoms with Gasteiger partial charge in [-0.25, -0.2) is 19.0 Å². The topological polar surface area (TPSA) is 79.1 Å². The Morgan fingerprint density at radius 3 is 2.63 bits per heavy atom. The summed E-state index contributed by atoms with van der Waals surface area (Å²) in [7, 11) is 0. The first-order valence-corrected chi connectivity index (χ1v) is 10.1. The summed E-state index contributed by atoms with van der Waals surface area (Å²) >= 11 is 0. The highest BCUT2D eigenvalue weighted by molar-refractivity contribution is 5.85. The molecule has 0 spiro atoms. The summed E-state index contributed by atoms with van der Waals surface area (Å²) in [5, 5.41) is 18.3. The minimum atomic E-state index is -0.887. The molecule has 160 valence electrons. The van der Waals surface area contributed by atoms with Crippen molar-refractivity contribution in [2.75, 3.05) is 31.1 Å². The number of nitrogens with one attached hydrogen (secondary N) is 1. The number of anilines is 1. The highest BCUT2D eigenvalue weighted by atomic mass is 35.5. The minimum absolute atomic E-state index is 0. The van der Waals surface area contributed by atoms with Crippen molar-refractivity contribution >= 4 is 29.1 Å². The summed E-state index contributed by atoms with van der Waals surface area (Å²) in [4.78, 5) is 11.1. The molecule has 0 aliphatic carbocycles. The van der Waals surface area contributed by atoms with Gasteiger partial charge < -0.3 is 15.3 Å². The van der Waals surface area contributed by atoms with E-state index in [1.165, 1.54) is 0 Å². The molecule has 7 nitrogen and oxygen atoms in total. The van der Waals surface area contributed by atoms with Gasteiger partial charge >= 0.3 is 0 Å². The van der Waals surface area contributed by atoms with Crippen LogP contribution in [0.2, 0.25) is 0 Å². The number of hydrogen-bond acceptors (Lipinski definition) is 6. The molecule has 2 fully saturated rings. The Bertz CT molecular complexity index is 1070. The van der Waals surface area contributed by atoms with Crippen LogP contribution in [0.1, 0.15) is 29.3 Å².